The highest BCUT2D eigenvalue weighted by molar-refractivity contribution is 9.10. The first-order valence-corrected chi connectivity index (χ1v) is 7.57. The van der Waals surface area contributed by atoms with Crippen LogP contribution in [0, 0.1) is 11.6 Å². The predicted molar refractivity (Wildman–Crippen MR) is 85.1 cm³/mol. The molecule has 21 heavy (non-hydrogen) atoms. The summed E-state index contributed by atoms with van der Waals surface area (Å²) in [5, 5.41) is 3.35. The third-order valence-electron chi connectivity index (χ3n) is 3.57. The number of nitrogens with one attached hydrogen (secondary N) is 1. The fraction of sp³-hybridized carbons (Fsp3) is 0.294. The Balaban J connectivity index is 2.23. The zero-order valence-corrected chi connectivity index (χ0v) is 13.8. The molecule has 0 bridgehead atoms. The molecule has 0 amide bonds. The van der Waals surface area contributed by atoms with Crippen LogP contribution in [-0.4, -0.2) is 0 Å². The Morgan fingerprint density at radius 2 is 1.67 bits per heavy atom. The summed E-state index contributed by atoms with van der Waals surface area (Å²) >= 11 is 3.41. The second kappa shape index (κ2) is 6.24. The largest absolute Gasteiger partial charge is 0.301 e. The van der Waals surface area contributed by atoms with Gasteiger partial charge in [-0.3, -0.25) is 0 Å². The summed E-state index contributed by atoms with van der Waals surface area (Å²) in [7, 11) is 0. The number of hydrogen-bond donors (Lipinski definition) is 1. The van der Waals surface area contributed by atoms with Gasteiger partial charge < -0.3 is 5.32 Å². The SMILES string of the molecule is CC(NC(C)(C)c1ccc(Br)cc1)c1cc(F)ccc1F. The molecule has 2 aromatic carbocycles. The van der Waals surface area contributed by atoms with E-state index >= 15 is 0 Å². The third kappa shape index (κ3) is 3.89. The fourth-order valence-electron chi connectivity index (χ4n) is 2.42. The number of halogens is 3. The summed E-state index contributed by atoms with van der Waals surface area (Å²) in [5.74, 6) is -0.829. The molecule has 0 heterocycles. The van der Waals surface area contributed by atoms with Gasteiger partial charge in [0.2, 0.25) is 0 Å². The van der Waals surface area contributed by atoms with E-state index in [9.17, 15) is 8.78 Å². The Kier molecular flexibility index (Phi) is 4.79. The quantitative estimate of drug-likeness (QED) is 0.784. The minimum atomic E-state index is -0.429. The van der Waals surface area contributed by atoms with Crippen LogP contribution in [0.2, 0.25) is 0 Å². The normalized spacial score (nSPS) is 13.2. The van der Waals surface area contributed by atoms with Crippen molar-refractivity contribution in [3.8, 4) is 0 Å². The summed E-state index contributed by atoms with van der Waals surface area (Å²) in [5.41, 5.74) is 1.05. The molecule has 0 radical (unpaired) electrons. The molecule has 0 saturated carbocycles. The first-order chi connectivity index (χ1) is 9.79. The average molecular weight is 354 g/mol. The van der Waals surface area contributed by atoms with Crippen molar-refractivity contribution in [3.05, 3.63) is 69.7 Å². The van der Waals surface area contributed by atoms with Gasteiger partial charge in [-0.05, 0) is 56.7 Å². The summed E-state index contributed by atoms with van der Waals surface area (Å²) < 4.78 is 28.2. The van der Waals surface area contributed by atoms with Gasteiger partial charge in [0.1, 0.15) is 11.6 Å². The third-order valence-corrected chi connectivity index (χ3v) is 4.10. The minimum absolute atomic E-state index is 0.306. The summed E-state index contributed by atoms with van der Waals surface area (Å²) in [6.07, 6.45) is 0. The second-order valence-corrected chi connectivity index (χ2v) is 6.58. The number of hydrogen-bond acceptors (Lipinski definition) is 1. The maximum absolute atomic E-state index is 13.8. The number of benzene rings is 2. The molecule has 1 atom stereocenters. The predicted octanol–water partition coefficient (Wildman–Crippen LogP) is 5.31. The first-order valence-electron chi connectivity index (χ1n) is 6.78. The Morgan fingerprint density at radius 1 is 1.05 bits per heavy atom. The van der Waals surface area contributed by atoms with Crippen LogP contribution in [-0.2, 0) is 5.54 Å². The zero-order chi connectivity index (χ0) is 15.6. The van der Waals surface area contributed by atoms with Gasteiger partial charge in [0.25, 0.3) is 0 Å². The molecule has 1 nitrogen and oxygen atoms in total. The lowest BCUT2D eigenvalue weighted by Gasteiger charge is -2.31. The summed E-state index contributed by atoms with van der Waals surface area (Å²) in [4.78, 5) is 0. The van der Waals surface area contributed by atoms with Gasteiger partial charge in [0, 0.05) is 21.6 Å². The number of rotatable bonds is 4. The molecule has 112 valence electrons. The highest BCUT2D eigenvalue weighted by Crippen LogP contribution is 2.27. The summed E-state index contributed by atoms with van der Waals surface area (Å²) in [6.45, 7) is 5.87. The smallest absolute Gasteiger partial charge is 0.128 e. The van der Waals surface area contributed by atoms with Gasteiger partial charge in [0.05, 0.1) is 0 Å². The van der Waals surface area contributed by atoms with Crippen LogP contribution in [0.15, 0.2) is 46.9 Å². The van der Waals surface area contributed by atoms with E-state index in [4.69, 9.17) is 0 Å². The topological polar surface area (TPSA) is 12.0 Å². The van der Waals surface area contributed by atoms with Crippen molar-refractivity contribution in [2.75, 3.05) is 0 Å². The van der Waals surface area contributed by atoms with Crippen LogP contribution < -0.4 is 5.32 Å². The van der Waals surface area contributed by atoms with Gasteiger partial charge in [-0.25, -0.2) is 8.78 Å². The lowest BCUT2D eigenvalue weighted by Crippen LogP contribution is -2.38. The van der Waals surface area contributed by atoms with E-state index in [2.05, 4.69) is 21.2 Å². The Hall–Kier alpha value is -1.26. The monoisotopic (exact) mass is 353 g/mol. The van der Waals surface area contributed by atoms with Crippen molar-refractivity contribution in [2.24, 2.45) is 0 Å². The first kappa shape index (κ1) is 16.1. The molecule has 1 unspecified atom stereocenters. The van der Waals surface area contributed by atoms with E-state index < -0.39 is 11.6 Å². The van der Waals surface area contributed by atoms with Crippen LogP contribution in [0.5, 0.6) is 0 Å². The molecule has 0 aliphatic carbocycles. The molecular formula is C17H18BrF2N. The van der Waals surface area contributed by atoms with Gasteiger partial charge in [-0.15, -0.1) is 0 Å². The molecule has 2 rings (SSSR count). The Morgan fingerprint density at radius 3 is 2.29 bits per heavy atom. The summed E-state index contributed by atoms with van der Waals surface area (Å²) in [6, 6.07) is 11.2. The van der Waals surface area contributed by atoms with Crippen LogP contribution in [0.4, 0.5) is 8.78 Å². The van der Waals surface area contributed by atoms with E-state index in [0.29, 0.717) is 5.56 Å². The molecule has 4 heteroatoms. The highest BCUT2D eigenvalue weighted by atomic mass is 79.9. The molecule has 0 spiro atoms. The zero-order valence-electron chi connectivity index (χ0n) is 12.3. The van der Waals surface area contributed by atoms with Gasteiger partial charge in [-0.1, -0.05) is 28.1 Å². The van der Waals surface area contributed by atoms with E-state index in [-0.39, 0.29) is 11.6 Å². The standard InChI is InChI=1S/C17H18BrF2N/c1-11(15-10-14(19)8-9-16(15)20)21-17(2,3)12-4-6-13(18)7-5-12/h4-11,21H,1-3H3. The molecule has 2 aromatic rings. The lowest BCUT2D eigenvalue weighted by atomic mass is 9.92. The second-order valence-electron chi connectivity index (χ2n) is 5.66. The van der Waals surface area contributed by atoms with Crippen molar-refractivity contribution >= 4 is 15.9 Å². The Bertz CT molecular complexity index is 623. The molecular weight excluding hydrogens is 336 g/mol. The van der Waals surface area contributed by atoms with Crippen LogP contribution >= 0.6 is 15.9 Å². The minimum Gasteiger partial charge on any atom is -0.301 e. The average Bonchev–Trinajstić information content (AvgIpc) is 2.41. The van der Waals surface area contributed by atoms with E-state index in [0.717, 1.165) is 22.2 Å². The van der Waals surface area contributed by atoms with E-state index in [1.54, 1.807) is 0 Å². The highest BCUT2D eigenvalue weighted by Gasteiger charge is 2.24. The lowest BCUT2D eigenvalue weighted by molar-refractivity contribution is 0.351. The van der Waals surface area contributed by atoms with Crippen LogP contribution in [0.3, 0.4) is 0 Å². The molecule has 1 N–H and O–H groups in total. The van der Waals surface area contributed by atoms with Crippen molar-refractivity contribution in [2.45, 2.75) is 32.4 Å². The molecule has 0 saturated heterocycles. The van der Waals surface area contributed by atoms with Crippen molar-refractivity contribution in [1.29, 1.82) is 0 Å². The van der Waals surface area contributed by atoms with Crippen molar-refractivity contribution in [3.63, 3.8) is 0 Å². The molecule has 0 fully saturated rings. The van der Waals surface area contributed by atoms with Gasteiger partial charge >= 0.3 is 0 Å². The molecule has 0 aromatic heterocycles. The van der Waals surface area contributed by atoms with Crippen LogP contribution in [0.25, 0.3) is 0 Å². The fourth-order valence-corrected chi connectivity index (χ4v) is 2.68. The molecule has 0 aliphatic heterocycles. The van der Waals surface area contributed by atoms with Gasteiger partial charge in [-0.2, -0.15) is 0 Å². The van der Waals surface area contributed by atoms with E-state index in [1.165, 1.54) is 6.07 Å². The van der Waals surface area contributed by atoms with E-state index in [1.807, 2.05) is 45.0 Å². The molecule has 0 aliphatic rings. The van der Waals surface area contributed by atoms with Crippen LogP contribution in [0.1, 0.15) is 37.9 Å². The maximum Gasteiger partial charge on any atom is 0.128 e. The van der Waals surface area contributed by atoms with Crippen molar-refractivity contribution < 1.29 is 8.78 Å². The van der Waals surface area contributed by atoms with Crippen molar-refractivity contribution in [1.82, 2.24) is 5.32 Å². The maximum atomic E-state index is 13.8. The van der Waals surface area contributed by atoms with Gasteiger partial charge in [0.15, 0.2) is 0 Å². The Labute approximate surface area is 132 Å².